The zero-order valence-electron chi connectivity index (χ0n) is 12.6. The van der Waals surface area contributed by atoms with Crippen molar-refractivity contribution in [3.05, 3.63) is 52.3 Å². The van der Waals surface area contributed by atoms with E-state index < -0.39 is 0 Å². The number of hydrogen-bond donors (Lipinski definition) is 0. The van der Waals surface area contributed by atoms with E-state index in [0.29, 0.717) is 23.2 Å². The molecule has 0 unspecified atom stereocenters. The third kappa shape index (κ3) is 4.77. The van der Waals surface area contributed by atoms with Crippen LogP contribution in [-0.4, -0.2) is 37.2 Å². The lowest BCUT2D eigenvalue weighted by atomic mass is 10.3. The van der Waals surface area contributed by atoms with Crippen molar-refractivity contribution in [3.63, 3.8) is 0 Å². The fraction of sp³-hybridized carbons (Fsp3) is 0.312. The third-order valence-corrected chi connectivity index (χ3v) is 3.64. The molecular weight excluding hydrogens is 323 g/mol. The van der Waals surface area contributed by atoms with Crippen molar-refractivity contribution in [2.75, 3.05) is 27.3 Å². The van der Waals surface area contributed by atoms with Crippen LogP contribution >= 0.6 is 23.2 Å². The molecule has 0 aliphatic carbocycles. The van der Waals surface area contributed by atoms with E-state index >= 15 is 0 Å². The van der Waals surface area contributed by atoms with Crippen LogP contribution in [0.25, 0.3) is 0 Å². The van der Waals surface area contributed by atoms with Gasteiger partial charge in [0.05, 0.1) is 22.8 Å². The molecule has 1 aromatic carbocycles. The van der Waals surface area contributed by atoms with Crippen LogP contribution in [0.3, 0.4) is 0 Å². The Hall–Kier alpha value is -1.49. The first-order valence-corrected chi connectivity index (χ1v) is 7.60. The number of methoxy groups -OCH3 is 1. The van der Waals surface area contributed by atoms with Gasteiger partial charge in [-0.3, -0.25) is 9.88 Å². The summed E-state index contributed by atoms with van der Waals surface area (Å²) in [6.07, 6.45) is 1.60. The minimum Gasteiger partial charge on any atom is -0.493 e. The van der Waals surface area contributed by atoms with Crippen molar-refractivity contribution in [1.29, 1.82) is 0 Å². The fourth-order valence-electron chi connectivity index (χ4n) is 1.94. The second-order valence-electron chi connectivity index (χ2n) is 4.82. The molecule has 0 aliphatic rings. The molecule has 6 heteroatoms. The van der Waals surface area contributed by atoms with Crippen molar-refractivity contribution in [1.82, 2.24) is 9.88 Å². The molecule has 0 N–H and O–H groups in total. The van der Waals surface area contributed by atoms with Crippen molar-refractivity contribution in [3.8, 4) is 11.5 Å². The number of benzene rings is 1. The first kappa shape index (κ1) is 16.9. The summed E-state index contributed by atoms with van der Waals surface area (Å²) in [7, 11) is 3.61. The van der Waals surface area contributed by atoms with Crippen molar-refractivity contribution >= 4 is 23.2 Å². The average Bonchev–Trinajstić information content (AvgIpc) is 2.50. The SMILES string of the molecule is COc1ccccc1OCCN(C)Cc1ncc(Cl)cc1Cl. The van der Waals surface area contributed by atoms with E-state index in [2.05, 4.69) is 9.88 Å². The Balaban J connectivity index is 1.84. The molecule has 22 heavy (non-hydrogen) atoms. The Morgan fingerprint density at radius 3 is 2.59 bits per heavy atom. The highest BCUT2D eigenvalue weighted by molar-refractivity contribution is 6.34. The smallest absolute Gasteiger partial charge is 0.161 e. The summed E-state index contributed by atoms with van der Waals surface area (Å²) in [6.45, 7) is 1.91. The van der Waals surface area contributed by atoms with Crippen molar-refractivity contribution in [2.24, 2.45) is 0 Å². The molecule has 0 amide bonds. The molecule has 0 spiro atoms. The Labute approximate surface area is 140 Å². The monoisotopic (exact) mass is 340 g/mol. The molecule has 1 heterocycles. The number of para-hydroxylation sites is 2. The molecule has 0 saturated heterocycles. The van der Waals surface area contributed by atoms with Crippen LogP contribution in [0.15, 0.2) is 36.5 Å². The standard InChI is InChI=1S/C16H18Cl2N2O2/c1-20(11-14-13(18)9-12(17)10-19-14)7-8-22-16-6-4-3-5-15(16)21-2/h3-6,9-10H,7-8,11H2,1-2H3. The van der Waals surface area contributed by atoms with Crippen LogP contribution in [0.4, 0.5) is 0 Å². The predicted molar refractivity (Wildman–Crippen MR) is 89.1 cm³/mol. The molecule has 1 aromatic heterocycles. The van der Waals surface area contributed by atoms with Crippen LogP contribution in [0, 0.1) is 0 Å². The number of halogens is 2. The highest BCUT2D eigenvalue weighted by atomic mass is 35.5. The van der Waals surface area contributed by atoms with Gasteiger partial charge >= 0.3 is 0 Å². The summed E-state index contributed by atoms with van der Waals surface area (Å²) in [6, 6.07) is 9.28. The lowest BCUT2D eigenvalue weighted by Gasteiger charge is -2.18. The van der Waals surface area contributed by atoms with E-state index in [1.54, 1.807) is 19.4 Å². The molecule has 2 rings (SSSR count). The quantitative estimate of drug-likeness (QED) is 0.765. The molecule has 0 fully saturated rings. The number of nitrogens with zero attached hydrogens (tertiary/aromatic N) is 2. The van der Waals surface area contributed by atoms with E-state index in [0.717, 1.165) is 23.7 Å². The van der Waals surface area contributed by atoms with E-state index in [1.165, 1.54) is 0 Å². The maximum atomic E-state index is 6.12. The number of likely N-dealkylation sites (N-methyl/N-ethyl adjacent to an activating group) is 1. The van der Waals surface area contributed by atoms with Gasteiger partial charge in [0.1, 0.15) is 6.61 Å². The Morgan fingerprint density at radius 2 is 1.91 bits per heavy atom. The van der Waals surface area contributed by atoms with Gasteiger partial charge in [-0.1, -0.05) is 35.3 Å². The molecule has 4 nitrogen and oxygen atoms in total. The molecule has 2 aromatic rings. The van der Waals surface area contributed by atoms with Gasteiger partial charge in [0, 0.05) is 19.3 Å². The highest BCUT2D eigenvalue weighted by Crippen LogP contribution is 2.25. The Kier molecular flexibility index (Phi) is 6.31. The second kappa shape index (κ2) is 8.22. The van der Waals surface area contributed by atoms with Crippen LogP contribution in [0.5, 0.6) is 11.5 Å². The topological polar surface area (TPSA) is 34.6 Å². The largest absolute Gasteiger partial charge is 0.493 e. The van der Waals surface area contributed by atoms with Crippen molar-refractivity contribution in [2.45, 2.75) is 6.54 Å². The van der Waals surface area contributed by atoms with Crippen LogP contribution in [-0.2, 0) is 6.54 Å². The van der Waals surface area contributed by atoms with Crippen molar-refractivity contribution < 1.29 is 9.47 Å². The van der Waals surface area contributed by atoms with E-state index in [1.807, 2.05) is 31.3 Å². The van der Waals surface area contributed by atoms with Gasteiger partial charge in [0.25, 0.3) is 0 Å². The van der Waals surface area contributed by atoms with Gasteiger partial charge in [-0.15, -0.1) is 0 Å². The maximum Gasteiger partial charge on any atom is 0.161 e. The molecule has 0 atom stereocenters. The first-order valence-electron chi connectivity index (χ1n) is 6.84. The van der Waals surface area contributed by atoms with E-state index in [9.17, 15) is 0 Å². The van der Waals surface area contributed by atoms with Gasteiger partial charge in [-0.05, 0) is 25.2 Å². The molecule has 118 valence electrons. The maximum absolute atomic E-state index is 6.12. The number of ether oxygens (including phenoxy) is 2. The number of rotatable bonds is 7. The second-order valence-corrected chi connectivity index (χ2v) is 5.66. The summed E-state index contributed by atoms with van der Waals surface area (Å²) in [4.78, 5) is 6.33. The van der Waals surface area contributed by atoms with Crippen LogP contribution in [0.2, 0.25) is 10.0 Å². The lowest BCUT2D eigenvalue weighted by molar-refractivity contribution is 0.225. The molecule has 0 bridgehead atoms. The highest BCUT2D eigenvalue weighted by Gasteiger charge is 2.08. The fourth-order valence-corrected chi connectivity index (χ4v) is 2.38. The van der Waals surface area contributed by atoms with Gasteiger partial charge in [0.15, 0.2) is 11.5 Å². The summed E-state index contributed by atoms with van der Waals surface area (Å²) < 4.78 is 11.0. The third-order valence-electron chi connectivity index (χ3n) is 3.10. The minimum absolute atomic E-state index is 0.538. The zero-order chi connectivity index (χ0) is 15.9. The minimum atomic E-state index is 0.538. The molecule has 0 saturated carbocycles. The van der Waals surface area contributed by atoms with Crippen LogP contribution < -0.4 is 9.47 Å². The number of hydrogen-bond acceptors (Lipinski definition) is 4. The van der Waals surface area contributed by atoms with E-state index in [4.69, 9.17) is 32.7 Å². The number of pyridine rings is 1. The average molecular weight is 341 g/mol. The van der Waals surface area contributed by atoms with Gasteiger partial charge < -0.3 is 9.47 Å². The molecular formula is C16H18Cl2N2O2. The van der Waals surface area contributed by atoms with Crippen LogP contribution in [0.1, 0.15) is 5.69 Å². The molecule has 0 aliphatic heterocycles. The van der Waals surface area contributed by atoms with Gasteiger partial charge in [0.2, 0.25) is 0 Å². The Bertz CT molecular complexity index is 623. The lowest BCUT2D eigenvalue weighted by Crippen LogP contribution is -2.24. The number of aromatic nitrogens is 1. The summed E-state index contributed by atoms with van der Waals surface area (Å²) >= 11 is 12.0. The van der Waals surface area contributed by atoms with Gasteiger partial charge in [-0.2, -0.15) is 0 Å². The van der Waals surface area contributed by atoms with Gasteiger partial charge in [-0.25, -0.2) is 0 Å². The van der Waals surface area contributed by atoms with E-state index in [-0.39, 0.29) is 0 Å². The normalized spacial score (nSPS) is 10.8. The summed E-state index contributed by atoms with van der Waals surface area (Å²) in [5, 5.41) is 1.11. The summed E-state index contributed by atoms with van der Waals surface area (Å²) in [5.41, 5.74) is 0.797. The molecule has 0 radical (unpaired) electrons. The first-order chi connectivity index (χ1) is 10.6. The summed E-state index contributed by atoms with van der Waals surface area (Å²) in [5.74, 6) is 1.47. The Morgan fingerprint density at radius 1 is 1.18 bits per heavy atom. The predicted octanol–water partition coefficient (Wildman–Crippen LogP) is 3.91. The zero-order valence-corrected chi connectivity index (χ0v) is 14.1.